The van der Waals surface area contributed by atoms with Crippen LogP contribution in [0.25, 0.3) is 0 Å². The van der Waals surface area contributed by atoms with Gasteiger partial charge in [-0.3, -0.25) is 0 Å². The number of nitrogens with one attached hydrogen (secondary N) is 1. The molecule has 2 rings (SSSR count). The number of ether oxygens (including phenoxy) is 1. The normalized spacial score (nSPS) is 10.3. The summed E-state index contributed by atoms with van der Waals surface area (Å²) in [6, 6.07) is 9.74. The molecule has 0 unspecified atom stereocenters. The highest BCUT2D eigenvalue weighted by molar-refractivity contribution is 5.50. The largest absolute Gasteiger partial charge is 0.439 e. The molecule has 112 valence electrons. The molecule has 1 aromatic carbocycles. The lowest BCUT2D eigenvalue weighted by molar-refractivity contribution is 0.459. The summed E-state index contributed by atoms with van der Waals surface area (Å²) in [6.45, 7) is 4.88. The Bertz CT molecular complexity index is 599. The summed E-state index contributed by atoms with van der Waals surface area (Å²) in [6.07, 6.45) is 0.771. The first-order valence-corrected chi connectivity index (χ1v) is 7.19. The SMILES string of the molecule is CCNc1cc(Oc2cccc(N(C)C)c2)nc(CC)n1. The average Bonchev–Trinajstić information content (AvgIpc) is 2.47. The number of hydrogen-bond donors (Lipinski definition) is 1. The molecule has 1 aromatic heterocycles. The van der Waals surface area contributed by atoms with E-state index in [0.29, 0.717) is 5.88 Å². The molecular weight excluding hydrogens is 264 g/mol. The van der Waals surface area contributed by atoms with Gasteiger partial charge in [-0.2, -0.15) is 4.98 Å². The number of aryl methyl sites for hydroxylation is 1. The van der Waals surface area contributed by atoms with Crippen LogP contribution in [0, 0.1) is 0 Å². The third-order valence-electron chi connectivity index (χ3n) is 2.98. The Morgan fingerprint density at radius 1 is 1.14 bits per heavy atom. The van der Waals surface area contributed by atoms with Gasteiger partial charge in [0.25, 0.3) is 0 Å². The average molecular weight is 286 g/mol. The van der Waals surface area contributed by atoms with Crippen molar-refractivity contribution in [3.63, 3.8) is 0 Å². The van der Waals surface area contributed by atoms with E-state index in [0.717, 1.165) is 36.0 Å². The molecule has 0 aliphatic rings. The van der Waals surface area contributed by atoms with Crippen molar-refractivity contribution in [2.24, 2.45) is 0 Å². The number of anilines is 2. The molecular formula is C16H22N4O. The van der Waals surface area contributed by atoms with Crippen molar-refractivity contribution < 1.29 is 4.74 Å². The van der Waals surface area contributed by atoms with Crippen molar-refractivity contribution in [3.05, 3.63) is 36.2 Å². The Morgan fingerprint density at radius 2 is 1.95 bits per heavy atom. The van der Waals surface area contributed by atoms with Gasteiger partial charge in [0.05, 0.1) is 0 Å². The molecule has 0 aliphatic carbocycles. The first-order chi connectivity index (χ1) is 10.1. The predicted molar refractivity (Wildman–Crippen MR) is 86.4 cm³/mol. The second-order valence-electron chi connectivity index (χ2n) is 4.89. The van der Waals surface area contributed by atoms with Crippen LogP contribution >= 0.6 is 0 Å². The Balaban J connectivity index is 2.25. The van der Waals surface area contributed by atoms with Gasteiger partial charge in [0.2, 0.25) is 5.88 Å². The van der Waals surface area contributed by atoms with Crippen molar-refractivity contribution in [2.75, 3.05) is 30.9 Å². The molecule has 5 nitrogen and oxygen atoms in total. The molecule has 0 spiro atoms. The smallest absolute Gasteiger partial charge is 0.224 e. The van der Waals surface area contributed by atoms with Gasteiger partial charge in [0, 0.05) is 44.9 Å². The topological polar surface area (TPSA) is 50.3 Å². The standard InChI is InChI=1S/C16H22N4O/c1-5-14-18-15(17-6-2)11-16(19-14)21-13-9-7-8-12(10-13)20(3)4/h7-11H,5-6H2,1-4H3,(H,17,18,19). The highest BCUT2D eigenvalue weighted by Crippen LogP contribution is 2.25. The summed E-state index contributed by atoms with van der Waals surface area (Å²) in [7, 11) is 4.00. The van der Waals surface area contributed by atoms with Crippen LogP contribution in [-0.4, -0.2) is 30.6 Å². The fourth-order valence-corrected chi connectivity index (χ4v) is 1.90. The van der Waals surface area contributed by atoms with Gasteiger partial charge in [0.15, 0.2) is 0 Å². The molecule has 0 atom stereocenters. The van der Waals surface area contributed by atoms with Crippen molar-refractivity contribution in [1.29, 1.82) is 0 Å². The van der Waals surface area contributed by atoms with E-state index in [2.05, 4.69) is 15.3 Å². The van der Waals surface area contributed by atoms with Crippen LogP contribution in [-0.2, 0) is 6.42 Å². The third kappa shape index (κ3) is 4.08. The molecule has 0 fully saturated rings. The van der Waals surface area contributed by atoms with Crippen LogP contribution < -0.4 is 15.0 Å². The zero-order valence-electron chi connectivity index (χ0n) is 13.1. The van der Waals surface area contributed by atoms with E-state index in [1.54, 1.807) is 0 Å². The third-order valence-corrected chi connectivity index (χ3v) is 2.98. The Morgan fingerprint density at radius 3 is 2.62 bits per heavy atom. The lowest BCUT2D eigenvalue weighted by Crippen LogP contribution is -2.08. The molecule has 0 saturated carbocycles. The minimum atomic E-state index is 0.564. The number of hydrogen-bond acceptors (Lipinski definition) is 5. The van der Waals surface area contributed by atoms with Gasteiger partial charge in [-0.1, -0.05) is 13.0 Å². The summed E-state index contributed by atoms with van der Waals surface area (Å²) >= 11 is 0. The van der Waals surface area contributed by atoms with Crippen LogP contribution in [0.3, 0.4) is 0 Å². The predicted octanol–water partition coefficient (Wildman–Crippen LogP) is 3.33. The Hall–Kier alpha value is -2.30. The molecule has 1 N–H and O–H groups in total. The van der Waals surface area contributed by atoms with Gasteiger partial charge in [-0.15, -0.1) is 0 Å². The monoisotopic (exact) mass is 286 g/mol. The first-order valence-electron chi connectivity index (χ1n) is 7.19. The summed E-state index contributed by atoms with van der Waals surface area (Å²) in [4.78, 5) is 10.9. The Labute approximate surface area is 126 Å². The van der Waals surface area contributed by atoms with Crippen LogP contribution in [0.5, 0.6) is 11.6 Å². The van der Waals surface area contributed by atoms with Gasteiger partial charge in [-0.05, 0) is 19.1 Å². The highest BCUT2D eigenvalue weighted by atomic mass is 16.5. The number of nitrogens with zero attached hydrogens (tertiary/aromatic N) is 3. The van der Waals surface area contributed by atoms with E-state index in [4.69, 9.17) is 4.74 Å². The van der Waals surface area contributed by atoms with Crippen molar-refractivity contribution >= 4 is 11.5 Å². The number of rotatable bonds is 6. The maximum absolute atomic E-state index is 5.88. The minimum Gasteiger partial charge on any atom is -0.439 e. The fraction of sp³-hybridized carbons (Fsp3) is 0.375. The van der Waals surface area contributed by atoms with Gasteiger partial charge >= 0.3 is 0 Å². The van der Waals surface area contributed by atoms with Gasteiger partial charge in [-0.25, -0.2) is 4.98 Å². The quantitative estimate of drug-likeness (QED) is 0.882. The van der Waals surface area contributed by atoms with E-state index in [1.165, 1.54) is 0 Å². The van der Waals surface area contributed by atoms with Crippen LogP contribution in [0.2, 0.25) is 0 Å². The first kappa shape index (κ1) is 15.1. The summed E-state index contributed by atoms with van der Waals surface area (Å²) in [5, 5.41) is 3.20. The zero-order chi connectivity index (χ0) is 15.2. The maximum atomic E-state index is 5.88. The van der Waals surface area contributed by atoms with Gasteiger partial charge in [0.1, 0.15) is 17.4 Å². The lowest BCUT2D eigenvalue weighted by Gasteiger charge is -2.14. The summed E-state index contributed by atoms with van der Waals surface area (Å²) in [5.74, 6) is 2.90. The molecule has 5 heteroatoms. The van der Waals surface area contributed by atoms with Crippen LogP contribution in [0.4, 0.5) is 11.5 Å². The number of benzene rings is 1. The fourth-order valence-electron chi connectivity index (χ4n) is 1.90. The second kappa shape index (κ2) is 6.92. The summed E-state index contributed by atoms with van der Waals surface area (Å²) in [5.41, 5.74) is 1.09. The molecule has 2 aromatic rings. The number of aromatic nitrogens is 2. The molecule has 1 heterocycles. The van der Waals surface area contributed by atoms with Gasteiger partial charge < -0.3 is 15.0 Å². The Kier molecular flexibility index (Phi) is 4.98. The molecule has 0 aliphatic heterocycles. The molecule has 0 bridgehead atoms. The van der Waals surface area contributed by atoms with Crippen molar-refractivity contribution in [1.82, 2.24) is 9.97 Å². The minimum absolute atomic E-state index is 0.564. The lowest BCUT2D eigenvalue weighted by atomic mass is 10.3. The van der Waals surface area contributed by atoms with Crippen molar-refractivity contribution in [3.8, 4) is 11.6 Å². The molecule has 0 saturated heterocycles. The van der Waals surface area contributed by atoms with Crippen LogP contribution in [0.15, 0.2) is 30.3 Å². The van der Waals surface area contributed by atoms with Crippen molar-refractivity contribution in [2.45, 2.75) is 20.3 Å². The van der Waals surface area contributed by atoms with E-state index >= 15 is 0 Å². The summed E-state index contributed by atoms with van der Waals surface area (Å²) < 4.78 is 5.88. The van der Waals surface area contributed by atoms with E-state index < -0.39 is 0 Å². The van der Waals surface area contributed by atoms with E-state index in [1.807, 2.05) is 63.2 Å². The maximum Gasteiger partial charge on any atom is 0.224 e. The zero-order valence-corrected chi connectivity index (χ0v) is 13.1. The molecule has 0 radical (unpaired) electrons. The molecule has 0 amide bonds. The van der Waals surface area contributed by atoms with Crippen LogP contribution in [0.1, 0.15) is 19.7 Å². The highest BCUT2D eigenvalue weighted by Gasteiger charge is 2.06. The second-order valence-corrected chi connectivity index (χ2v) is 4.89. The van der Waals surface area contributed by atoms with E-state index in [9.17, 15) is 0 Å². The molecule has 21 heavy (non-hydrogen) atoms. The van der Waals surface area contributed by atoms with E-state index in [-0.39, 0.29) is 0 Å².